The molecule has 13 heavy (non-hydrogen) atoms. The Morgan fingerprint density at radius 3 is 2.77 bits per heavy atom. The fourth-order valence-corrected chi connectivity index (χ4v) is 0.987. The van der Waals surface area contributed by atoms with Crippen molar-refractivity contribution in [1.82, 2.24) is 4.98 Å². The van der Waals surface area contributed by atoms with Crippen molar-refractivity contribution in [1.29, 1.82) is 0 Å². The first-order chi connectivity index (χ1) is 6.19. The average Bonchev–Trinajstić information content (AvgIpc) is 2.64. The number of H-pyrrole nitrogens is 1. The normalized spacial score (nSPS) is 9.69. The Balaban J connectivity index is 2.86. The van der Waals surface area contributed by atoms with Crippen LogP contribution >= 0.6 is 0 Å². The number of ether oxygens (including phenoxy) is 1. The average molecular weight is 181 g/mol. The van der Waals surface area contributed by atoms with E-state index in [9.17, 15) is 9.59 Å². The molecular formula is C9H11NO3. The molecule has 0 bridgehead atoms. The fraction of sp³-hybridized carbons (Fsp3) is 0.333. The fourth-order valence-electron chi connectivity index (χ4n) is 0.987. The number of aromatic nitrogens is 1. The second kappa shape index (κ2) is 3.89. The first-order valence-electron chi connectivity index (χ1n) is 3.99. The minimum absolute atomic E-state index is 0.00593. The van der Waals surface area contributed by atoms with Gasteiger partial charge in [0.1, 0.15) is 5.69 Å². The molecule has 1 N–H and O–H groups in total. The summed E-state index contributed by atoms with van der Waals surface area (Å²) in [6, 6.07) is 1.50. The summed E-state index contributed by atoms with van der Waals surface area (Å²) in [5.74, 6) is -0.457. The lowest BCUT2D eigenvalue weighted by Crippen LogP contribution is -2.00. The summed E-state index contributed by atoms with van der Waals surface area (Å²) in [5, 5.41) is 0. The summed E-state index contributed by atoms with van der Waals surface area (Å²) >= 11 is 0. The van der Waals surface area contributed by atoms with Crippen molar-refractivity contribution in [2.75, 3.05) is 7.11 Å². The monoisotopic (exact) mass is 181 g/mol. The van der Waals surface area contributed by atoms with Crippen molar-refractivity contribution < 1.29 is 14.3 Å². The zero-order valence-electron chi connectivity index (χ0n) is 7.59. The number of Topliss-reactive ketones (excluding diaryl/α,β-unsaturated/α-hetero) is 1. The quantitative estimate of drug-likeness (QED) is 0.566. The van der Waals surface area contributed by atoms with Crippen LogP contribution in [0.5, 0.6) is 0 Å². The zero-order chi connectivity index (χ0) is 9.84. The molecule has 0 aliphatic carbocycles. The molecule has 70 valence electrons. The second-order valence-corrected chi connectivity index (χ2v) is 2.57. The molecule has 0 unspecified atom stereocenters. The van der Waals surface area contributed by atoms with Crippen LogP contribution < -0.4 is 0 Å². The highest BCUT2D eigenvalue weighted by molar-refractivity contribution is 5.98. The third-order valence-electron chi connectivity index (χ3n) is 1.73. The van der Waals surface area contributed by atoms with E-state index in [-0.39, 0.29) is 5.78 Å². The van der Waals surface area contributed by atoms with Crippen molar-refractivity contribution in [3.63, 3.8) is 0 Å². The Kier molecular flexibility index (Phi) is 2.84. The molecule has 0 aliphatic rings. The number of hydrogen-bond acceptors (Lipinski definition) is 3. The van der Waals surface area contributed by atoms with Crippen LogP contribution in [0.4, 0.5) is 0 Å². The topological polar surface area (TPSA) is 59.2 Å². The van der Waals surface area contributed by atoms with Gasteiger partial charge in [0.25, 0.3) is 0 Å². The van der Waals surface area contributed by atoms with Gasteiger partial charge in [0.05, 0.1) is 7.11 Å². The van der Waals surface area contributed by atoms with Gasteiger partial charge in [0.15, 0.2) is 5.78 Å². The van der Waals surface area contributed by atoms with Crippen LogP contribution in [-0.4, -0.2) is 23.8 Å². The van der Waals surface area contributed by atoms with Gasteiger partial charge in [-0.2, -0.15) is 0 Å². The highest BCUT2D eigenvalue weighted by Crippen LogP contribution is 2.07. The Labute approximate surface area is 75.9 Å². The van der Waals surface area contributed by atoms with E-state index in [4.69, 9.17) is 0 Å². The molecule has 1 rings (SSSR count). The molecule has 0 aromatic carbocycles. The number of rotatable bonds is 3. The van der Waals surface area contributed by atoms with Crippen molar-refractivity contribution in [3.05, 3.63) is 23.5 Å². The van der Waals surface area contributed by atoms with Gasteiger partial charge in [-0.1, -0.05) is 6.92 Å². The van der Waals surface area contributed by atoms with Crippen molar-refractivity contribution in [2.45, 2.75) is 13.3 Å². The lowest BCUT2D eigenvalue weighted by Gasteiger charge is -1.92. The minimum Gasteiger partial charge on any atom is -0.464 e. The van der Waals surface area contributed by atoms with Crippen molar-refractivity contribution in [3.8, 4) is 0 Å². The maximum Gasteiger partial charge on any atom is 0.354 e. The highest BCUT2D eigenvalue weighted by Gasteiger charge is 2.11. The summed E-state index contributed by atoms with van der Waals surface area (Å²) in [5.41, 5.74) is 0.821. The standard InChI is InChI=1S/C9H11NO3/c1-3-8(11)6-4-7(10-5-6)9(12)13-2/h4-5,10H,3H2,1-2H3. The summed E-state index contributed by atoms with van der Waals surface area (Å²) in [7, 11) is 1.30. The molecule has 0 spiro atoms. The van der Waals surface area contributed by atoms with E-state index in [0.717, 1.165) is 0 Å². The predicted octanol–water partition coefficient (Wildman–Crippen LogP) is 1.39. The Hall–Kier alpha value is -1.58. The maximum atomic E-state index is 11.2. The number of aromatic amines is 1. The summed E-state index contributed by atoms with van der Waals surface area (Å²) in [6.45, 7) is 1.77. The molecule has 0 saturated heterocycles. The van der Waals surface area contributed by atoms with Crippen molar-refractivity contribution in [2.24, 2.45) is 0 Å². The van der Waals surface area contributed by atoms with Crippen LogP contribution in [0.3, 0.4) is 0 Å². The van der Waals surface area contributed by atoms with Gasteiger partial charge in [-0.3, -0.25) is 4.79 Å². The van der Waals surface area contributed by atoms with Gasteiger partial charge in [0.2, 0.25) is 0 Å². The molecule has 0 amide bonds. The van der Waals surface area contributed by atoms with Gasteiger partial charge < -0.3 is 9.72 Å². The van der Waals surface area contributed by atoms with E-state index in [1.165, 1.54) is 19.4 Å². The van der Waals surface area contributed by atoms with E-state index in [1.807, 2.05) is 0 Å². The first-order valence-corrected chi connectivity index (χ1v) is 3.99. The lowest BCUT2D eigenvalue weighted by atomic mass is 10.2. The third kappa shape index (κ3) is 1.96. The summed E-state index contributed by atoms with van der Waals surface area (Å²) < 4.78 is 4.48. The zero-order valence-corrected chi connectivity index (χ0v) is 7.59. The number of carbonyl (C=O) groups is 2. The number of esters is 1. The molecule has 0 atom stereocenters. The molecule has 1 aromatic rings. The van der Waals surface area contributed by atoms with Gasteiger partial charge in [-0.25, -0.2) is 4.79 Å². The summed E-state index contributed by atoms with van der Waals surface area (Å²) in [6.07, 6.45) is 1.94. The van der Waals surface area contributed by atoms with E-state index in [1.54, 1.807) is 6.92 Å². The van der Waals surface area contributed by atoms with Crippen LogP contribution in [0.25, 0.3) is 0 Å². The van der Waals surface area contributed by atoms with Crippen LogP contribution in [-0.2, 0) is 4.74 Å². The third-order valence-corrected chi connectivity index (χ3v) is 1.73. The van der Waals surface area contributed by atoms with Crippen LogP contribution in [0.15, 0.2) is 12.3 Å². The molecule has 0 radical (unpaired) electrons. The van der Waals surface area contributed by atoms with Gasteiger partial charge in [0, 0.05) is 18.2 Å². The molecule has 1 heterocycles. The number of ketones is 1. The van der Waals surface area contributed by atoms with Crippen molar-refractivity contribution >= 4 is 11.8 Å². The largest absolute Gasteiger partial charge is 0.464 e. The smallest absolute Gasteiger partial charge is 0.354 e. The molecule has 0 saturated carbocycles. The van der Waals surface area contributed by atoms with E-state index in [2.05, 4.69) is 9.72 Å². The predicted molar refractivity (Wildman–Crippen MR) is 46.8 cm³/mol. The molecular weight excluding hydrogens is 170 g/mol. The Bertz CT molecular complexity index is 297. The van der Waals surface area contributed by atoms with Crippen LogP contribution in [0, 0.1) is 0 Å². The molecule has 4 heteroatoms. The SMILES string of the molecule is CCC(=O)c1c[nH]c(C(=O)OC)c1. The maximum absolute atomic E-state index is 11.2. The van der Waals surface area contributed by atoms with Gasteiger partial charge >= 0.3 is 5.97 Å². The number of hydrogen-bond donors (Lipinski definition) is 1. The van der Waals surface area contributed by atoms with Gasteiger partial charge in [-0.05, 0) is 6.07 Å². The highest BCUT2D eigenvalue weighted by atomic mass is 16.5. The molecule has 0 aliphatic heterocycles. The first kappa shape index (κ1) is 9.51. The minimum atomic E-state index is -0.463. The van der Waals surface area contributed by atoms with E-state index >= 15 is 0 Å². The van der Waals surface area contributed by atoms with E-state index in [0.29, 0.717) is 17.7 Å². The van der Waals surface area contributed by atoms with E-state index < -0.39 is 5.97 Å². The number of methoxy groups -OCH3 is 1. The molecule has 4 nitrogen and oxygen atoms in total. The van der Waals surface area contributed by atoms with Crippen LogP contribution in [0.2, 0.25) is 0 Å². The Morgan fingerprint density at radius 1 is 1.54 bits per heavy atom. The lowest BCUT2D eigenvalue weighted by molar-refractivity contribution is 0.0595. The van der Waals surface area contributed by atoms with Crippen LogP contribution in [0.1, 0.15) is 34.2 Å². The second-order valence-electron chi connectivity index (χ2n) is 2.57. The van der Waals surface area contributed by atoms with Gasteiger partial charge in [-0.15, -0.1) is 0 Å². The Morgan fingerprint density at radius 2 is 2.23 bits per heavy atom. The summed E-state index contributed by atoms with van der Waals surface area (Å²) in [4.78, 5) is 24.8. The molecule has 0 fully saturated rings. The number of carbonyl (C=O) groups excluding carboxylic acids is 2. The molecule has 1 aromatic heterocycles. The number of nitrogens with one attached hydrogen (secondary N) is 1.